The molecule has 0 aliphatic rings. The Bertz CT molecular complexity index is 1060. The van der Waals surface area contributed by atoms with Gasteiger partial charge >= 0.3 is 0 Å². The Morgan fingerprint density at radius 3 is 2.39 bits per heavy atom. The van der Waals surface area contributed by atoms with Crippen LogP contribution in [-0.2, 0) is 18.4 Å². The molecule has 5 heteroatoms. The van der Waals surface area contributed by atoms with Gasteiger partial charge in [0.1, 0.15) is 5.76 Å². The molecule has 0 bridgehead atoms. The Kier molecular flexibility index (Phi) is 6.74. The van der Waals surface area contributed by atoms with E-state index < -0.39 is 0 Å². The molecule has 0 radical (unpaired) electrons. The summed E-state index contributed by atoms with van der Waals surface area (Å²) in [5, 5.41) is 2.89. The van der Waals surface area contributed by atoms with E-state index in [1.54, 1.807) is 20.3 Å². The van der Waals surface area contributed by atoms with Crippen molar-refractivity contribution in [2.75, 3.05) is 14.2 Å². The monoisotopic (exact) mass is 421 g/mol. The highest BCUT2D eigenvalue weighted by Crippen LogP contribution is 2.28. The quantitative estimate of drug-likeness (QED) is 0.553. The summed E-state index contributed by atoms with van der Waals surface area (Å²) in [4.78, 5) is 12.6. The second-order valence-corrected chi connectivity index (χ2v) is 8.71. The van der Waals surface area contributed by atoms with Crippen LogP contribution in [0.4, 0.5) is 0 Å². The lowest BCUT2D eigenvalue weighted by Crippen LogP contribution is -2.22. The Balaban J connectivity index is 1.66. The van der Waals surface area contributed by atoms with Crippen LogP contribution in [-0.4, -0.2) is 20.1 Å². The number of carbonyl (C=O) groups is 1. The number of benzene rings is 2. The van der Waals surface area contributed by atoms with Gasteiger partial charge in [-0.2, -0.15) is 0 Å². The van der Waals surface area contributed by atoms with Gasteiger partial charge in [0.15, 0.2) is 17.3 Å². The minimum Gasteiger partial charge on any atom is -0.493 e. The molecule has 1 aromatic heterocycles. The van der Waals surface area contributed by atoms with Gasteiger partial charge in [-0.05, 0) is 58.9 Å². The van der Waals surface area contributed by atoms with Crippen molar-refractivity contribution in [2.24, 2.45) is 0 Å². The highest BCUT2D eigenvalue weighted by atomic mass is 16.5. The third kappa shape index (κ3) is 5.48. The van der Waals surface area contributed by atoms with Gasteiger partial charge in [-0.1, -0.05) is 45.0 Å². The van der Waals surface area contributed by atoms with Crippen molar-refractivity contribution in [3.8, 4) is 11.5 Å². The average molecular weight is 422 g/mol. The van der Waals surface area contributed by atoms with Crippen LogP contribution < -0.4 is 14.8 Å². The Morgan fingerprint density at radius 2 is 1.71 bits per heavy atom. The summed E-state index contributed by atoms with van der Waals surface area (Å²) < 4.78 is 16.4. The van der Waals surface area contributed by atoms with Gasteiger partial charge in [-0.25, -0.2) is 0 Å². The van der Waals surface area contributed by atoms with E-state index >= 15 is 0 Å². The number of carbonyl (C=O) groups excluding carboxylic acids is 1. The van der Waals surface area contributed by atoms with E-state index in [2.05, 4.69) is 51.2 Å². The normalized spacial score (nSPS) is 11.3. The summed E-state index contributed by atoms with van der Waals surface area (Å²) in [5.41, 5.74) is 4.70. The number of furan rings is 1. The maximum atomic E-state index is 12.6. The molecule has 3 rings (SSSR count). The van der Waals surface area contributed by atoms with Crippen LogP contribution in [0.15, 0.2) is 52.9 Å². The predicted octanol–water partition coefficient (Wildman–Crippen LogP) is 5.42. The molecular formula is C26H31NO4. The number of aryl methyl sites for hydroxylation is 1. The smallest absolute Gasteiger partial charge is 0.287 e. The number of methoxy groups -OCH3 is 2. The first-order chi connectivity index (χ1) is 14.7. The molecule has 0 fully saturated rings. The standard InChI is InChI=1S/C26H31NO4/c1-17-7-9-20(26(2,3)4)14-19(17)15-21-10-12-23(31-21)25(28)27-16-18-8-11-22(29-5)24(13-18)30-6/h7-14H,15-16H2,1-6H3,(H,27,28). The SMILES string of the molecule is COc1ccc(CNC(=O)c2ccc(Cc3cc(C(C)(C)C)ccc3C)o2)cc1OC. The van der Waals surface area contributed by atoms with E-state index in [1.807, 2.05) is 24.3 Å². The molecule has 0 aliphatic heterocycles. The average Bonchev–Trinajstić information content (AvgIpc) is 3.21. The summed E-state index contributed by atoms with van der Waals surface area (Å²) in [6.07, 6.45) is 0.652. The van der Waals surface area contributed by atoms with E-state index in [9.17, 15) is 4.79 Å². The minimum absolute atomic E-state index is 0.0841. The van der Waals surface area contributed by atoms with Crippen LogP contribution in [0, 0.1) is 6.92 Å². The lowest BCUT2D eigenvalue weighted by Gasteiger charge is -2.20. The lowest BCUT2D eigenvalue weighted by atomic mass is 9.85. The number of hydrogen-bond donors (Lipinski definition) is 1. The van der Waals surface area contributed by atoms with Gasteiger partial charge in [0, 0.05) is 13.0 Å². The highest BCUT2D eigenvalue weighted by molar-refractivity contribution is 5.91. The van der Waals surface area contributed by atoms with Crippen LogP contribution in [0.1, 0.15) is 59.3 Å². The molecular weight excluding hydrogens is 390 g/mol. The van der Waals surface area contributed by atoms with Gasteiger partial charge in [-0.15, -0.1) is 0 Å². The zero-order chi connectivity index (χ0) is 22.6. The van der Waals surface area contributed by atoms with Gasteiger partial charge in [0.2, 0.25) is 0 Å². The zero-order valence-corrected chi connectivity index (χ0v) is 19.2. The first-order valence-corrected chi connectivity index (χ1v) is 10.4. The highest BCUT2D eigenvalue weighted by Gasteiger charge is 2.16. The summed E-state index contributed by atoms with van der Waals surface area (Å²) in [7, 11) is 3.18. The lowest BCUT2D eigenvalue weighted by molar-refractivity contribution is 0.0921. The summed E-state index contributed by atoms with van der Waals surface area (Å²) >= 11 is 0. The van der Waals surface area contributed by atoms with E-state index in [1.165, 1.54) is 16.7 Å². The van der Waals surface area contributed by atoms with E-state index in [0.29, 0.717) is 30.2 Å². The first kappa shape index (κ1) is 22.5. The van der Waals surface area contributed by atoms with Gasteiger partial charge in [0.05, 0.1) is 14.2 Å². The van der Waals surface area contributed by atoms with Crippen molar-refractivity contribution in [2.45, 2.75) is 46.1 Å². The molecule has 0 aliphatic carbocycles. The molecule has 5 nitrogen and oxygen atoms in total. The van der Waals surface area contributed by atoms with Crippen molar-refractivity contribution in [1.29, 1.82) is 0 Å². The van der Waals surface area contributed by atoms with E-state index in [0.717, 1.165) is 11.3 Å². The van der Waals surface area contributed by atoms with Crippen LogP contribution >= 0.6 is 0 Å². The maximum absolute atomic E-state index is 12.6. The first-order valence-electron chi connectivity index (χ1n) is 10.4. The summed E-state index contributed by atoms with van der Waals surface area (Å²) in [6.45, 7) is 9.07. The largest absolute Gasteiger partial charge is 0.493 e. The van der Waals surface area contributed by atoms with Crippen LogP contribution in [0.25, 0.3) is 0 Å². The number of hydrogen-bond acceptors (Lipinski definition) is 4. The molecule has 31 heavy (non-hydrogen) atoms. The molecule has 0 atom stereocenters. The number of nitrogens with one attached hydrogen (secondary N) is 1. The zero-order valence-electron chi connectivity index (χ0n) is 19.2. The second kappa shape index (κ2) is 9.29. The molecule has 1 N–H and O–H groups in total. The van der Waals surface area contributed by atoms with Gasteiger partial charge in [0.25, 0.3) is 5.91 Å². The van der Waals surface area contributed by atoms with E-state index in [-0.39, 0.29) is 11.3 Å². The number of ether oxygens (including phenoxy) is 2. The molecule has 0 saturated carbocycles. The van der Waals surface area contributed by atoms with Crippen LogP contribution in [0.2, 0.25) is 0 Å². The Hall–Kier alpha value is -3.21. The molecule has 1 heterocycles. The van der Waals surface area contributed by atoms with Crippen molar-refractivity contribution < 1.29 is 18.7 Å². The molecule has 3 aromatic rings. The van der Waals surface area contributed by atoms with Crippen LogP contribution in [0.5, 0.6) is 11.5 Å². The fourth-order valence-electron chi connectivity index (χ4n) is 3.37. The molecule has 164 valence electrons. The topological polar surface area (TPSA) is 60.7 Å². The molecule has 2 aromatic carbocycles. The molecule has 0 saturated heterocycles. The molecule has 1 amide bonds. The van der Waals surface area contributed by atoms with Crippen molar-refractivity contribution in [3.05, 3.63) is 82.3 Å². The summed E-state index contributed by atoms with van der Waals surface area (Å²) in [5.74, 6) is 2.10. The van der Waals surface area contributed by atoms with E-state index in [4.69, 9.17) is 13.9 Å². The summed E-state index contributed by atoms with van der Waals surface area (Å²) in [6, 6.07) is 15.7. The van der Waals surface area contributed by atoms with Gasteiger partial charge in [-0.3, -0.25) is 4.79 Å². The molecule has 0 spiro atoms. The van der Waals surface area contributed by atoms with Crippen molar-refractivity contribution in [1.82, 2.24) is 5.32 Å². The number of amides is 1. The predicted molar refractivity (Wildman–Crippen MR) is 122 cm³/mol. The third-order valence-electron chi connectivity index (χ3n) is 5.37. The van der Waals surface area contributed by atoms with Gasteiger partial charge < -0.3 is 19.2 Å². The fraction of sp³-hybridized carbons (Fsp3) is 0.346. The maximum Gasteiger partial charge on any atom is 0.287 e. The Morgan fingerprint density at radius 1 is 0.968 bits per heavy atom. The van der Waals surface area contributed by atoms with Crippen LogP contribution in [0.3, 0.4) is 0 Å². The fourth-order valence-corrected chi connectivity index (χ4v) is 3.37. The van der Waals surface area contributed by atoms with Crippen molar-refractivity contribution >= 4 is 5.91 Å². The number of rotatable bonds is 7. The Labute approximate surface area is 184 Å². The minimum atomic E-state index is -0.249. The molecule has 0 unspecified atom stereocenters. The second-order valence-electron chi connectivity index (χ2n) is 8.71. The third-order valence-corrected chi connectivity index (χ3v) is 5.37. The van der Waals surface area contributed by atoms with Crippen molar-refractivity contribution in [3.63, 3.8) is 0 Å².